The van der Waals surface area contributed by atoms with Gasteiger partial charge in [0.15, 0.2) is 0 Å². The van der Waals surface area contributed by atoms with Crippen molar-refractivity contribution in [2.45, 2.75) is 51.9 Å². The van der Waals surface area contributed by atoms with Crippen LogP contribution in [0.4, 0.5) is 5.69 Å². The Hall–Kier alpha value is -2.37. The number of carbonyl (C=O) groups is 3. The number of hydrogen-bond acceptors (Lipinski definition) is 3. The van der Waals surface area contributed by atoms with Crippen molar-refractivity contribution >= 4 is 23.4 Å². The van der Waals surface area contributed by atoms with Gasteiger partial charge in [0.25, 0.3) is 0 Å². The maximum absolute atomic E-state index is 13.0. The van der Waals surface area contributed by atoms with Gasteiger partial charge >= 0.3 is 0 Å². The maximum Gasteiger partial charge on any atom is 0.228 e. The van der Waals surface area contributed by atoms with Crippen molar-refractivity contribution in [1.82, 2.24) is 9.80 Å². The lowest BCUT2D eigenvalue weighted by Crippen LogP contribution is -2.52. The fourth-order valence-electron chi connectivity index (χ4n) is 5.09. The van der Waals surface area contributed by atoms with Gasteiger partial charge in [-0.25, -0.2) is 0 Å². The molecule has 1 atom stereocenters. The molecule has 0 radical (unpaired) electrons. The first kappa shape index (κ1) is 20.9. The van der Waals surface area contributed by atoms with Gasteiger partial charge in [-0.1, -0.05) is 31.9 Å². The SMILES string of the molecule is CCc1cccc(N2CC(C(=O)N3CCN(C(=O)CC4CCCC4)CC3)CC2=O)c1. The zero-order valence-electron chi connectivity index (χ0n) is 18.0. The normalized spacial score (nSPS) is 22.8. The van der Waals surface area contributed by atoms with E-state index in [0.29, 0.717) is 45.1 Å². The van der Waals surface area contributed by atoms with Crippen molar-refractivity contribution in [3.63, 3.8) is 0 Å². The van der Waals surface area contributed by atoms with E-state index in [9.17, 15) is 14.4 Å². The molecule has 1 aromatic rings. The third kappa shape index (κ3) is 4.52. The Kier molecular flexibility index (Phi) is 6.40. The molecule has 2 aliphatic heterocycles. The molecule has 30 heavy (non-hydrogen) atoms. The van der Waals surface area contributed by atoms with Crippen molar-refractivity contribution in [3.8, 4) is 0 Å². The van der Waals surface area contributed by atoms with Gasteiger partial charge in [-0.05, 0) is 42.9 Å². The molecular weight excluding hydrogens is 378 g/mol. The van der Waals surface area contributed by atoms with Gasteiger partial charge in [0.05, 0.1) is 5.92 Å². The molecule has 2 saturated heterocycles. The van der Waals surface area contributed by atoms with Crippen molar-refractivity contribution < 1.29 is 14.4 Å². The highest BCUT2D eigenvalue weighted by molar-refractivity contribution is 6.00. The predicted octanol–water partition coefficient (Wildman–Crippen LogP) is 2.85. The monoisotopic (exact) mass is 411 g/mol. The van der Waals surface area contributed by atoms with Gasteiger partial charge in [-0.3, -0.25) is 14.4 Å². The standard InChI is InChI=1S/C24H33N3O3/c1-2-18-8-5-9-21(14-18)27-17-20(16-23(27)29)24(30)26-12-10-25(11-13-26)22(28)15-19-6-3-4-7-19/h5,8-9,14,19-20H,2-4,6-7,10-13,15-17H2,1H3. The molecule has 162 valence electrons. The summed E-state index contributed by atoms with van der Waals surface area (Å²) in [7, 11) is 0. The minimum absolute atomic E-state index is 0.0204. The fourth-order valence-corrected chi connectivity index (χ4v) is 5.09. The lowest BCUT2D eigenvalue weighted by molar-refractivity contribution is -0.142. The highest BCUT2D eigenvalue weighted by Crippen LogP contribution is 2.29. The summed E-state index contributed by atoms with van der Waals surface area (Å²) in [4.78, 5) is 43.7. The summed E-state index contributed by atoms with van der Waals surface area (Å²) in [5, 5.41) is 0. The molecule has 3 fully saturated rings. The number of amides is 3. The molecular formula is C24H33N3O3. The summed E-state index contributed by atoms with van der Waals surface area (Å²) in [5.74, 6) is 0.585. The van der Waals surface area contributed by atoms with Crippen molar-refractivity contribution in [2.24, 2.45) is 11.8 Å². The van der Waals surface area contributed by atoms with Gasteiger partial charge in [0.1, 0.15) is 0 Å². The van der Waals surface area contributed by atoms with Crippen molar-refractivity contribution in [3.05, 3.63) is 29.8 Å². The molecule has 1 aromatic carbocycles. The van der Waals surface area contributed by atoms with E-state index >= 15 is 0 Å². The third-order valence-electron chi connectivity index (χ3n) is 6.99. The Morgan fingerprint density at radius 1 is 1.03 bits per heavy atom. The average Bonchev–Trinajstić information content (AvgIpc) is 3.43. The quantitative estimate of drug-likeness (QED) is 0.749. The van der Waals surface area contributed by atoms with Crippen LogP contribution in [-0.2, 0) is 20.8 Å². The summed E-state index contributed by atoms with van der Waals surface area (Å²) in [6.45, 7) is 4.91. The van der Waals surface area contributed by atoms with Crippen LogP contribution in [0, 0.1) is 11.8 Å². The van der Waals surface area contributed by atoms with Crippen LogP contribution in [0.25, 0.3) is 0 Å². The zero-order chi connectivity index (χ0) is 21.1. The smallest absolute Gasteiger partial charge is 0.228 e. The molecule has 6 nitrogen and oxygen atoms in total. The molecule has 1 saturated carbocycles. The maximum atomic E-state index is 13.0. The Morgan fingerprint density at radius 2 is 1.73 bits per heavy atom. The van der Waals surface area contributed by atoms with Gasteiger partial charge in [-0.2, -0.15) is 0 Å². The number of benzene rings is 1. The van der Waals surface area contributed by atoms with Gasteiger partial charge in [0.2, 0.25) is 17.7 Å². The first-order chi connectivity index (χ1) is 14.5. The van der Waals surface area contributed by atoms with E-state index in [2.05, 4.69) is 13.0 Å². The average molecular weight is 412 g/mol. The van der Waals surface area contributed by atoms with Gasteiger partial charge in [0, 0.05) is 51.3 Å². The topological polar surface area (TPSA) is 60.9 Å². The lowest BCUT2D eigenvalue weighted by Gasteiger charge is -2.36. The predicted molar refractivity (Wildman–Crippen MR) is 116 cm³/mol. The Morgan fingerprint density at radius 3 is 2.43 bits per heavy atom. The van der Waals surface area contributed by atoms with Crippen LogP contribution < -0.4 is 4.90 Å². The van der Waals surface area contributed by atoms with E-state index in [-0.39, 0.29) is 30.1 Å². The van der Waals surface area contributed by atoms with Crippen LogP contribution in [0.1, 0.15) is 51.0 Å². The fraction of sp³-hybridized carbons (Fsp3) is 0.625. The molecule has 1 unspecified atom stereocenters. The van der Waals surface area contributed by atoms with E-state index in [1.165, 1.54) is 31.2 Å². The molecule has 3 aliphatic rings. The number of aryl methyl sites for hydroxylation is 1. The third-order valence-corrected chi connectivity index (χ3v) is 6.99. The number of piperazine rings is 1. The van der Waals surface area contributed by atoms with Crippen LogP contribution in [-0.4, -0.2) is 60.2 Å². The minimum Gasteiger partial charge on any atom is -0.339 e. The first-order valence-corrected chi connectivity index (χ1v) is 11.5. The Bertz CT molecular complexity index is 795. The lowest BCUT2D eigenvalue weighted by atomic mass is 10.0. The number of carbonyl (C=O) groups excluding carboxylic acids is 3. The Labute approximate surface area is 179 Å². The molecule has 4 rings (SSSR count). The van der Waals surface area contributed by atoms with Crippen LogP contribution in [0.3, 0.4) is 0 Å². The molecule has 0 spiro atoms. The largest absolute Gasteiger partial charge is 0.339 e. The summed E-state index contributed by atoms with van der Waals surface area (Å²) in [6.07, 6.45) is 6.71. The molecule has 3 amide bonds. The van der Waals surface area contributed by atoms with Gasteiger partial charge < -0.3 is 14.7 Å². The number of nitrogens with zero attached hydrogens (tertiary/aromatic N) is 3. The zero-order valence-corrected chi connectivity index (χ0v) is 18.0. The molecule has 1 aliphatic carbocycles. The second-order valence-corrected chi connectivity index (χ2v) is 8.99. The molecule has 0 aromatic heterocycles. The number of rotatable bonds is 5. The van der Waals surface area contributed by atoms with E-state index in [1.54, 1.807) is 4.90 Å². The van der Waals surface area contributed by atoms with Crippen molar-refractivity contribution in [2.75, 3.05) is 37.6 Å². The van der Waals surface area contributed by atoms with E-state index in [0.717, 1.165) is 12.1 Å². The highest BCUT2D eigenvalue weighted by Gasteiger charge is 2.38. The van der Waals surface area contributed by atoms with E-state index in [1.807, 2.05) is 28.0 Å². The second kappa shape index (κ2) is 9.19. The van der Waals surface area contributed by atoms with Crippen molar-refractivity contribution in [1.29, 1.82) is 0 Å². The van der Waals surface area contributed by atoms with Gasteiger partial charge in [-0.15, -0.1) is 0 Å². The number of anilines is 1. The Balaban J connectivity index is 1.30. The summed E-state index contributed by atoms with van der Waals surface area (Å²) < 4.78 is 0. The summed E-state index contributed by atoms with van der Waals surface area (Å²) in [6, 6.07) is 8.01. The first-order valence-electron chi connectivity index (χ1n) is 11.5. The number of hydrogen-bond donors (Lipinski definition) is 0. The molecule has 2 heterocycles. The van der Waals surface area contributed by atoms with Crippen LogP contribution in [0.2, 0.25) is 0 Å². The molecule has 6 heteroatoms. The summed E-state index contributed by atoms with van der Waals surface area (Å²) in [5.41, 5.74) is 2.07. The summed E-state index contributed by atoms with van der Waals surface area (Å²) >= 11 is 0. The van der Waals surface area contributed by atoms with E-state index in [4.69, 9.17) is 0 Å². The van der Waals surface area contributed by atoms with Crippen LogP contribution in [0.15, 0.2) is 24.3 Å². The highest BCUT2D eigenvalue weighted by atomic mass is 16.2. The van der Waals surface area contributed by atoms with E-state index < -0.39 is 0 Å². The molecule has 0 N–H and O–H groups in total. The second-order valence-electron chi connectivity index (χ2n) is 8.99. The van der Waals surface area contributed by atoms with Crippen LogP contribution in [0.5, 0.6) is 0 Å². The van der Waals surface area contributed by atoms with Crippen LogP contribution >= 0.6 is 0 Å². The minimum atomic E-state index is -0.288. The molecule has 0 bridgehead atoms.